The van der Waals surface area contributed by atoms with Crippen LogP contribution in [0.1, 0.15) is 34.1 Å². The van der Waals surface area contributed by atoms with Crippen LogP contribution in [0.4, 0.5) is 0 Å². The molecule has 3 atom stereocenters. The van der Waals surface area contributed by atoms with Gasteiger partial charge in [0.1, 0.15) is 6.61 Å². The zero-order valence-electron chi connectivity index (χ0n) is 9.30. The highest BCUT2D eigenvalue weighted by Crippen LogP contribution is 2.54. The van der Waals surface area contributed by atoms with E-state index in [1.165, 1.54) is 6.42 Å². The Morgan fingerprint density at radius 1 is 1.50 bits per heavy atom. The van der Waals surface area contributed by atoms with E-state index in [1.807, 2.05) is 0 Å². The quantitative estimate of drug-likeness (QED) is 0.539. The highest BCUT2D eigenvalue weighted by molar-refractivity contribution is 14.1. The number of rotatable bonds is 1. The lowest BCUT2D eigenvalue weighted by atomic mass is 9.88. The Kier molecular flexibility index (Phi) is 2.37. The molecule has 3 heteroatoms. The van der Waals surface area contributed by atoms with Crippen LogP contribution >= 0.6 is 22.6 Å². The van der Waals surface area contributed by atoms with Gasteiger partial charge in [0, 0.05) is 3.92 Å². The number of alkyl halides is 1. The fraction of sp³-hybridized carbons (Fsp3) is 0.909. The molecule has 0 spiro atoms. The number of aliphatic imine (C=N–C) groups is 1. The molecule has 1 heterocycles. The highest BCUT2D eigenvalue weighted by atomic mass is 127. The number of nitrogens with zero attached hydrogens (tertiary/aromatic N) is 1. The van der Waals surface area contributed by atoms with Gasteiger partial charge >= 0.3 is 0 Å². The van der Waals surface area contributed by atoms with Gasteiger partial charge in [-0.15, -0.1) is 0 Å². The minimum atomic E-state index is 0.230. The molecule has 0 saturated heterocycles. The highest BCUT2D eigenvalue weighted by Gasteiger charge is 2.55. The molecule has 2 unspecified atom stereocenters. The van der Waals surface area contributed by atoms with Gasteiger partial charge in [0.2, 0.25) is 0 Å². The van der Waals surface area contributed by atoms with Crippen LogP contribution in [-0.2, 0) is 4.74 Å². The average molecular weight is 307 g/mol. The van der Waals surface area contributed by atoms with E-state index < -0.39 is 0 Å². The molecule has 2 rings (SSSR count). The van der Waals surface area contributed by atoms with Crippen molar-refractivity contribution in [2.75, 3.05) is 6.61 Å². The maximum atomic E-state index is 5.73. The van der Waals surface area contributed by atoms with Crippen molar-refractivity contribution in [3.8, 4) is 0 Å². The third-order valence-electron chi connectivity index (χ3n) is 3.27. The Morgan fingerprint density at radius 2 is 2.07 bits per heavy atom. The van der Waals surface area contributed by atoms with Crippen LogP contribution in [0.3, 0.4) is 0 Å². The SMILES string of the molecule is CC(C)(C)C1COC(C2(C)C[C@@H]2I)=N1. The summed E-state index contributed by atoms with van der Waals surface area (Å²) < 4.78 is 6.45. The molecule has 0 aromatic heterocycles. The molecule has 0 aromatic carbocycles. The molecule has 0 N–H and O–H groups in total. The standard InChI is InChI=1S/C11H18INO/c1-10(2,3)8-6-14-9(13-8)11(4)5-7(11)12/h7-8H,5-6H2,1-4H3/t7-,8?,11?/m0/s1. The molecule has 0 amide bonds. The number of hydrogen-bond acceptors (Lipinski definition) is 2. The number of halogens is 1. The van der Waals surface area contributed by atoms with Gasteiger partial charge in [0.15, 0.2) is 5.90 Å². The first kappa shape index (κ1) is 10.7. The van der Waals surface area contributed by atoms with Gasteiger partial charge in [-0.25, -0.2) is 4.99 Å². The fourth-order valence-corrected chi connectivity index (χ4v) is 2.85. The summed E-state index contributed by atoms with van der Waals surface area (Å²) in [6.07, 6.45) is 1.23. The zero-order valence-corrected chi connectivity index (χ0v) is 11.5. The Morgan fingerprint density at radius 3 is 2.43 bits per heavy atom. The van der Waals surface area contributed by atoms with Crippen molar-refractivity contribution in [3.05, 3.63) is 0 Å². The van der Waals surface area contributed by atoms with Gasteiger partial charge in [-0.1, -0.05) is 43.4 Å². The van der Waals surface area contributed by atoms with E-state index in [-0.39, 0.29) is 10.8 Å². The second-order valence-electron chi connectivity index (χ2n) is 5.72. The summed E-state index contributed by atoms with van der Waals surface area (Å²) in [6, 6.07) is 0.346. The van der Waals surface area contributed by atoms with Crippen molar-refractivity contribution >= 4 is 28.5 Å². The first-order valence-electron chi connectivity index (χ1n) is 5.19. The molecule has 1 fully saturated rings. The normalized spacial score (nSPS) is 41.9. The maximum absolute atomic E-state index is 5.73. The summed E-state index contributed by atoms with van der Waals surface area (Å²) in [5, 5.41) is 0. The first-order valence-corrected chi connectivity index (χ1v) is 6.44. The van der Waals surface area contributed by atoms with Crippen LogP contribution in [0.5, 0.6) is 0 Å². The summed E-state index contributed by atoms with van der Waals surface area (Å²) >= 11 is 2.49. The van der Waals surface area contributed by atoms with Gasteiger partial charge in [-0.05, 0) is 18.8 Å². The molecule has 2 aliphatic rings. The van der Waals surface area contributed by atoms with Gasteiger partial charge < -0.3 is 4.74 Å². The second-order valence-corrected chi connectivity index (χ2v) is 7.22. The first-order chi connectivity index (χ1) is 6.34. The number of hydrogen-bond donors (Lipinski definition) is 0. The lowest BCUT2D eigenvalue weighted by Crippen LogP contribution is -2.25. The summed E-state index contributed by atoms with van der Waals surface area (Å²) in [5.41, 5.74) is 0.480. The topological polar surface area (TPSA) is 21.6 Å². The van der Waals surface area contributed by atoms with Crippen LogP contribution < -0.4 is 0 Å². The van der Waals surface area contributed by atoms with Crippen molar-refractivity contribution in [3.63, 3.8) is 0 Å². The van der Waals surface area contributed by atoms with Crippen LogP contribution in [0.2, 0.25) is 0 Å². The Labute approximate surface area is 99.6 Å². The van der Waals surface area contributed by atoms with Crippen molar-refractivity contribution < 1.29 is 4.74 Å². The molecule has 1 aliphatic heterocycles. The summed E-state index contributed by atoms with van der Waals surface area (Å²) in [5.74, 6) is 1.01. The van der Waals surface area contributed by atoms with Crippen LogP contribution in [0.15, 0.2) is 4.99 Å². The molecule has 0 aromatic rings. The maximum Gasteiger partial charge on any atom is 0.190 e. The van der Waals surface area contributed by atoms with E-state index in [0.717, 1.165) is 16.4 Å². The summed E-state index contributed by atoms with van der Waals surface area (Å²) in [6.45, 7) is 9.71. The van der Waals surface area contributed by atoms with Gasteiger partial charge in [-0.2, -0.15) is 0 Å². The zero-order chi connectivity index (χ0) is 10.6. The molecule has 1 aliphatic carbocycles. The van der Waals surface area contributed by atoms with Crippen LogP contribution in [0.25, 0.3) is 0 Å². The lowest BCUT2D eigenvalue weighted by Gasteiger charge is -2.21. The van der Waals surface area contributed by atoms with E-state index in [0.29, 0.717) is 6.04 Å². The predicted octanol–water partition coefficient (Wildman–Crippen LogP) is 3.04. The van der Waals surface area contributed by atoms with E-state index in [1.54, 1.807) is 0 Å². The van der Waals surface area contributed by atoms with E-state index in [2.05, 4.69) is 50.3 Å². The van der Waals surface area contributed by atoms with Gasteiger partial charge in [-0.3, -0.25) is 0 Å². The molecule has 80 valence electrons. The molecule has 2 nitrogen and oxygen atoms in total. The molecule has 0 bridgehead atoms. The Hall–Kier alpha value is 0.200. The minimum absolute atomic E-state index is 0.230. The molecular weight excluding hydrogens is 289 g/mol. The Bertz CT molecular complexity index is 282. The van der Waals surface area contributed by atoms with Crippen molar-refractivity contribution in [1.29, 1.82) is 0 Å². The third-order valence-corrected chi connectivity index (χ3v) is 5.09. The summed E-state index contributed by atoms with van der Waals surface area (Å²) in [7, 11) is 0. The van der Waals surface area contributed by atoms with Gasteiger partial charge in [0.25, 0.3) is 0 Å². The minimum Gasteiger partial charge on any atom is -0.478 e. The molecule has 0 radical (unpaired) electrons. The van der Waals surface area contributed by atoms with Crippen LogP contribution in [-0.4, -0.2) is 22.5 Å². The largest absolute Gasteiger partial charge is 0.478 e. The molecule has 14 heavy (non-hydrogen) atoms. The van der Waals surface area contributed by atoms with Gasteiger partial charge in [0.05, 0.1) is 11.5 Å². The monoisotopic (exact) mass is 307 g/mol. The smallest absolute Gasteiger partial charge is 0.190 e. The van der Waals surface area contributed by atoms with E-state index >= 15 is 0 Å². The Balaban J connectivity index is 2.11. The fourth-order valence-electron chi connectivity index (χ4n) is 1.66. The summed E-state index contributed by atoms with van der Waals surface area (Å²) in [4.78, 5) is 4.73. The third kappa shape index (κ3) is 1.68. The second kappa shape index (κ2) is 3.09. The number of ether oxygens (including phenoxy) is 1. The van der Waals surface area contributed by atoms with Crippen molar-refractivity contribution in [2.45, 2.75) is 44.1 Å². The van der Waals surface area contributed by atoms with Crippen molar-refractivity contribution in [1.82, 2.24) is 0 Å². The molecular formula is C11H18INO. The van der Waals surface area contributed by atoms with E-state index in [9.17, 15) is 0 Å². The van der Waals surface area contributed by atoms with E-state index in [4.69, 9.17) is 9.73 Å². The average Bonchev–Trinajstić information content (AvgIpc) is 2.52. The lowest BCUT2D eigenvalue weighted by molar-refractivity contribution is 0.228. The van der Waals surface area contributed by atoms with Crippen LogP contribution in [0, 0.1) is 10.8 Å². The predicted molar refractivity (Wildman–Crippen MR) is 67.2 cm³/mol. The van der Waals surface area contributed by atoms with Crippen molar-refractivity contribution in [2.24, 2.45) is 15.8 Å². The molecule has 1 saturated carbocycles.